The summed E-state index contributed by atoms with van der Waals surface area (Å²) in [6.07, 6.45) is 1.62. The quantitative estimate of drug-likeness (QED) is 0.617. The van der Waals surface area contributed by atoms with Gasteiger partial charge in [-0.2, -0.15) is 0 Å². The highest BCUT2D eigenvalue weighted by Crippen LogP contribution is 2.22. The zero-order chi connectivity index (χ0) is 14.4. The van der Waals surface area contributed by atoms with Crippen LogP contribution < -0.4 is 11.1 Å². The minimum atomic E-state index is -0.570. The molecule has 6 nitrogen and oxygen atoms in total. The molecule has 19 heavy (non-hydrogen) atoms. The first-order chi connectivity index (χ1) is 8.99. The van der Waals surface area contributed by atoms with E-state index in [0.717, 1.165) is 18.9 Å². The van der Waals surface area contributed by atoms with Gasteiger partial charge in [-0.1, -0.05) is 24.9 Å². The number of benzene rings is 1. The van der Waals surface area contributed by atoms with E-state index >= 15 is 0 Å². The van der Waals surface area contributed by atoms with Crippen molar-refractivity contribution in [3.63, 3.8) is 0 Å². The van der Waals surface area contributed by atoms with Gasteiger partial charge < -0.3 is 11.1 Å². The molecular formula is C12H16ClN3O3. The van der Waals surface area contributed by atoms with E-state index in [1.807, 2.05) is 6.92 Å². The van der Waals surface area contributed by atoms with Gasteiger partial charge in [0.25, 0.3) is 11.6 Å². The van der Waals surface area contributed by atoms with E-state index < -0.39 is 10.8 Å². The summed E-state index contributed by atoms with van der Waals surface area (Å²) in [4.78, 5) is 22.1. The van der Waals surface area contributed by atoms with Gasteiger partial charge in [0.05, 0.1) is 15.5 Å². The molecule has 1 unspecified atom stereocenters. The SMILES string of the molecule is CCCC(CN)NC(=O)c1cc([N+](=O)[O-])ccc1Cl. The van der Waals surface area contributed by atoms with Crippen LogP contribution in [0.25, 0.3) is 0 Å². The topological polar surface area (TPSA) is 98.3 Å². The maximum absolute atomic E-state index is 12.0. The Bertz CT molecular complexity index is 479. The molecule has 0 saturated heterocycles. The number of carbonyl (C=O) groups is 1. The Kier molecular flexibility index (Phi) is 5.72. The van der Waals surface area contributed by atoms with Crippen LogP contribution in [-0.2, 0) is 0 Å². The average Bonchev–Trinajstić information content (AvgIpc) is 2.38. The number of nitrogens with two attached hydrogens (primary N) is 1. The summed E-state index contributed by atoms with van der Waals surface area (Å²) in [5.41, 5.74) is 5.46. The Balaban J connectivity index is 2.92. The number of hydrogen-bond donors (Lipinski definition) is 2. The van der Waals surface area contributed by atoms with Crippen LogP contribution in [0.2, 0.25) is 5.02 Å². The largest absolute Gasteiger partial charge is 0.348 e. The number of nitro benzene ring substituents is 1. The minimum absolute atomic E-state index is 0.0884. The van der Waals surface area contributed by atoms with Crippen LogP contribution in [0.3, 0.4) is 0 Å². The lowest BCUT2D eigenvalue weighted by Gasteiger charge is -2.16. The van der Waals surface area contributed by atoms with Crippen molar-refractivity contribution in [1.29, 1.82) is 0 Å². The number of carbonyl (C=O) groups excluding carboxylic acids is 1. The van der Waals surface area contributed by atoms with Crippen LogP contribution >= 0.6 is 11.6 Å². The molecule has 0 spiro atoms. The van der Waals surface area contributed by atoms with E-state index in [4.69, 9.17) is 17.3 Å². The van der Waals surface area contributed by atoms with Crippen LogP contribution in [0.1, 0.15) is 30.1 Å². The fourth-order valence-electron chi connectivity index (χ4n) is 1.66. The minimum Gasteiger partial charge on any atom is -0.348 e. The van der Waals surface area contributed by atoms with Gasteiger partial charge in [-0.25, -0.2) is 0 Å². The summed E-state index contributed by atoms with van der Waals surface area (Å²) in [6.45, 7) is 2.29. The summed E-state index contributed by atoms with van der Waals surface area (Å²) in [5.74, 6) is -0.447. The van der Waals surface area contributed by atoms with Crippen molar-refractivity contribution < 1.29 is 9.72 Å². The first-order valence-corrected chi connectivity index (χ1v) is 6.32. The molecule has 0 aliphatic heterocycles. The number of nitrogens with one attached hydrogen (secondary N) is 1. The average molecular weight is 286 g/mol. The Morgan fingerprint density at radius 3 is 2.79 bits per heavy atom. The molecule has 1 atom stereocenters. The molecule has 7 heteroatoms. The van der Waals surface area contributed by atoms with Gasteiger partial charge in [0.15, 0.2) is 0 Å². The lowest BCUT2D eigenvalue weighted by atomic mass is 10.1. The number of amides is 1. The molecule has 0 radical (unpaired) electrons. The number of halogens is 1. The van der Waals surface area contributed by atoms with Gasteiger partial charge in [-0.3, -0.25) is 14.9 Å². The highest BCUT2D eigenvalue weighted by Gasteiger charge is 2.18. The van der Waals surface area contributed by atoms with Crippen molar-refractivity contribution in [2.45, 2.75) is 25.8 Å². The van der Waals surface area contributed by atoms with Crippen LogP contribution in [-0.4, -0.2) is 23.4 Å². The summed E-state index contributed by atoms with van der Waals surface area (Å²) >= 11 is 5.88. The van der Waals surface area contributed by atoms with E-state index in [2.05, 4.69) is 5.32 Å². The highest BCUT2D eigenvalue weighted by atomic mass is 35.5. The van der Waals surface area contributed by atoms with E-state index in [0.29, 0.717) is 6.54 Å². The normalized spacial score (nSPS) is 11.9. The van der Waals surface area contributed by atoms with Crippen molar-refractivity contribution in [2.75, 3.05) is 6.54 Å². The third-order valence-electron chi connectivity index (χ3n) is 2.66. The second kappa shape index (κ2) is 7.06. The van der Waals surface area contributed by atoms with Crippen LogP contribution in [0.5, 0.6) is 0 Å². The van der Waals surface area contributed by atoms with E-state index in [1.54, 1.807) is 0 Å². The third-order valence-corrected chi connectivity index (χ3v) is 2.99. The second-order valence-electron chi connectivity index (χ2n) is 4.12. The van der Waals surface area contributed by atoms with Crippen LogP contribution in [0.15, 0.2) is 18.2 Å². The van der Waals surface area contributed by atoms with E-state index in [9.17, 15) is 14.9 Å². The molecule has 0 heterocycles. The maximum Gasteiger partial charge on any atom is 0.270 e. The van der Waals surface area contributed by atoms with Crippen molar-refractivity contribution >= 4 is 23.2 Å². The Morgan fingerprint density at radius 2 is 2.26 bits per heavy atom. The first-order valence-electron chi connectivity index (χ1n) is 5.94. The van der Waals surface area contributed by atoms with Gasteiger partial charge in [0, 0.05) is 24.7 Å². The Hall–Kier alpha value is -1.66. The van der Waals surface area contributed by atoms with E-state index in [1.165, 1.54) is 12.1 Å². The smallest absolute Gasteiger partial charge is 0.270 e. The highest BCUT2D eigenvalue weighted by molar-refractivity contribution is 6.33. The summed E-state index contributed by atoms with van der Waals surface area (Å²) in [7, 11) is 0. The fraction of sp³-hybridized carbons (Fsp3) is 0.417. The predicted octanol–water partition coefficient (Wildman–Crippen LogP) is 2.11. The molecule has 1 rings (SSSR count). The zero-order valence-electron chi connectivity index (χ0n) is 10.6. The molecule has 0 aliphatic carbocycles. The summed E-state index contributed by atoms with van der Waals surface area (Å²) in [5, 5.41) is 13.6. The molecule has 0 fully saturated rings. The number of hydrogen-bond acceptors (Lipinski definition) is 4. The van der Waals surface area contributed by atoms with Gasteiger partial charge >= 0.3 is 0 Å². The fourth-order valence-corrected chi connectivity index (χ4v) is 1.86. The molecule has 0 aromatic heterocycles. The van der Waals surface area contributed by atoms with Crippen molar-refractivity contribution in [2.24, 2.45) is 5.73 Å². The lowest BCUT2D eigenvalue weighted by Crippen LogP contribution is -2.40. The van der Waals surface area contributed by atoms with Gasteiger partial charge in [0.1, 0.15) is 0 Å². The molecule has 104 valence electrons. The van der Waals surface area contributed by atoms with Gasteiger partial charge in [0.2, 0.25) is 0 Å². The van der Waals surface area contributed by atoms with E-state index in [-0.39, 0.29) is 22.3 Å². The number of nitro groups is 1. The zero-order valence-corrected chi connectivity index (χ0v) is 11.3. The standard InChI is InChI=1S/C12H16ClN3O3/c1-2-3-8(7-14)15-12(17)10-6-9(16(18)19)4-5-11(10)13/h4-6,8H,2-3,7,14H2,1H3,(H,15,17). The number of non-ortho nitro benzene ring substituents is 1. The molecular weight excluding hydrogens is 270 g/mol. The number of nitrogens with zero attached hydrogens (tertiary/aromatic N) is 1. The molecule has 0 bridgehead atoms. The summed E-state index contributed by atoms with van der Waals surface area (Å²) in [6, 6.07) is 3.60. The molecule has 3 N–H and O–H groups in total. The molecule has 0 aliphatic rings. The summed E-state index contributed by atoms with van der Waals surface area (Å²) < 4.78 is 0. The van der Waals surface area contributed by atoms with Crippen molar-refractivity contribution in [3.8, 4) is 0 Å². The molecule has 1 aromatic carbocycles. The molecule has 1 aromatic rings. The molecule has 0 saturated carbocycles. The van der Waals surface area contributed by atoms with Gasteiger partial charge in [-0.05, 0) is 12.5 Å². The van der Waals surface area contributed by atoms with Crippen LogP contribution in [0, 0.1) is 10.1 Å². The van der Waals surface area contributed by atoms with Crippen molar-refractivity contribution in [3.05, 3.63) is 38.9 Å². The third kappa shape index (κ3) is 4.18. The Morgan fingerprint density at radius 1 is 1.58 bits per heavy atom. The monoisotopic (exact) mass is 285 g/mol. The number of rotatable bonds is 6. The van der Waals surface area contributed by atoms with Gasteiger partial charge in [-0.15, -0.1) is 0 Å². The second-order valence-corrected chi connectivity index (χ2v) is 4.52. The lowest BCUT2D eigenvalue weighted by molar-refractivity contribution is -0.384. The predicted molar refractivity (Wildman–Crippen MR) is 73.3 cm³/mol. The Labute approximate surface area is 116 Å². The maximum atomic E-state index is 12.0. The first kappa shape index (κ1) is 15.4. The molecule has 1 amide bonds. The van der Waals surface area contributed by atoms with Crippen LogP contribution in [0.4, 0.5) is 5.69 Å². The van der Waals surface area contributed by atoms with Crippen molar-refractivity contribution in [1.82, 2.24) is 5.32 Å².